The van der Waals surface area contributed by atoms with Crippen LogP contribution in [0.5, 0.6) is 0 Å². The summed E-state index contributed by atoms with van der Waals surface area (Å²) in [6, 6.07) is 16.9. The Labute approximate surface area is 175 Å². The number of anilines is 2. The summed E-state index contributed by atoms with van der Waals surface area (Å²) in [6.07, 6.45) is 0.997. The predicted molar refractivity (Wildman–Crippen MR) is 115 cm³/mol. The molecule has 1 heterocycles. The highest BCUT2D eigenvalue weighted by molar-refractivity contribution is 6.30. The van der Waals surface area contributed by atoms with Gasteiger partial charge in [-0.25, -0.2) is 9.97 Å². The maximum absolute atomic E-state index is 11.6. The van der Waals surface area contributed by atoms with E-state index in [-0.39, 0.29) is 18.6 Å². The topological polar surface area (TPSA) is 78.7 Å². The molecule has 3 aromatic rings. The smallest absolute Gasteiger partial charge is 0.161 e. The van der Waals surface area contributed by atoms with Gasteiger partial charge in [0.25, 0.3) is 0 Å². The zero-order valence-electron chi connectivity index (χ0n) is 16.4. The lowest BCUT2D eigenvalue weighted by atomic mass is 10.1. The molecule has 0 radical (unpaired) electrons. The van der Waals surface area contributed by atoms with E-state index in [1.807, 2.05) is 61.5 Å². The SMILES string of the molecule is CCc1c(C)nc(-c2cccc(Cl)c2)nc1Nc1ccc(CC(=O)CC#N)cc1. The van der Waals surface area contributed by atoms with Gasteiger partial charge >= 0.3 is 0 Å². The largest absolute Gasteiger partial charge is 0.340 e. The summed E-state index contributed by atoms with van der Waals surface area (Å²) >= 11 is 6.12. The van der Waals surface area contributed by atoms with E-state index in [1.165, 1.54) is 0 Å². The first-order valence-electron chi connectivity index (χ1n) is 9.38. The summed E-state index contributed by atoms with van der Waals surface area (Å²) in [6.45, 7) is 4.05. The van der Waals surface area contributed by atoms with Crippen LogP contribution in [0, 0.1) is 18.3 Å². The molecular weight excluding hydrogens is 384 g/mol. The standard InChI is InChI=1S/C23H21ClN4O/c1-3-21-15(2)26-22(17-5-4-6-18(24)14-17)28-23(21)27-19-9-7-16(8-10-19)13-20(29)11-12-25/h4-10,14H,3,11,13H2,1-2H3,(H,26,27,28). The number of rotatable bonds is 7. The van der Waals surface area contributed by atoms with E-state index < -0.39 is 0 Å². The van der Waals surface area contributed by atoms with Crippen LogP contribution in [-0.2, 0) is 17.6 Å². The molecule has 0 aliphatic heterocycles. The highest BCUT2D eigenvalue weighted by atomic mass is 35.5. The number of nitrogens with zero attached hydrogens (tertiary/aromatic N) is 3. The molecule has 1 aromatic heterocycles. The number of carbonyl (C=O) groups excluding carboxylic acids is 1. The predicted octanol–water partition coefficient (Wildman–Crippen LogP) is 5.44. The van der Waals surface area contributed by atoms with Gasteiger partial charge in [-0.2, -0.15) is 5.26 Å². The second-order valence-corrected chi connectivity index (χ2v) is 7.13. The van der Waals surface area contributed by atoms with Gasteiger partial charge in [0.1, 0.15) is 5.82 Å². The normalized spacial score (nSPS) is 10.4. The fourth-order valence-electron chi connectivity index (χ4n) is 3.10. The molecule has 0 saturated heterocycles. The number of ketones is 1. The second kappa shape index (κ2) is 9.31. The fraction of sp³-hybridized carbons (Fsp3) is 0.217. The molecule has 146 valence electrons. The van der Waals surface area contributed by atoms with Gasteiger partial charge in [-0.15, -0.1) is 0 Å². The Morgan fingerprint density at radius 2 is 1.93 bits per heavy atom. The Balaban J connectivity index is 1.88. The number of carbonyl (C=O) groups is 1. The van der Waals surface area contributed by atoms with E-state index in [1.54, 1.807) is 0 Å². The zero-order valence-corrected chi connectivity index (χ0v) is 17.1. The lowest BCUT2D eigenvalue weighted by molar-refractivity contribution is -0.117. The van der Waals surface area contributed by atoms with Gasteiger partial charge in [-0.05, 0) is 43.2 Å². The Morgan fingerprint density at radius 1 is 1.17 bits per heavy atom. The number of hydrogen-bond acceptors (Lipinski definition) is 5. The molecule has 0 unspecified atom stereocenters. The first kappa shape index (κ1) is 20.5. The van der Waals surface area contributed by atoms with Crippen molar-refractivity contribution in [3.63, 3.8) is 0 Å². The van der Waals surface area contributed by atoms with Crippen molar-refractivity contribution >= 4 is 28.9 Å². The van der Waals surface area contributed by atoms with Crippen LogP contribution in [0.4, 0.5) is 11.5 Å². The Hall–Kier alpha value is -3.23. The number of benzene rings is 2. The first-order chi connectivity index (χ1) is 14.0. The summed E-state index contributed by atoms with van der Waals surface area (Å²) in [5.41, 5.74) is 4.57. The molecule has 2 aromatic carbocycles. The molecule has 0 aliphatic carbocycles. The van der Waals surface area contributed by atoms with Gasteiger partial charge in [0, 0.05) is 34.0 Å². The van der Waals surface area contributed by atoms with E-state index in [2.05, 4.69) is 17.2 Å². The van der Waals surface area contributed by atoms with Crippen LogP contribution >= 0.6 is 11.6 Å². The summed E-state index contributed by atoms with van der Waals surface area (Å²) in [4.78, 5) is 21.0. The fourth-order valence-corrected chi connectivity index (χ4v) is 3.29. The average Bonchev–Trinajstić information content (AvgIpc) is 2.69. The van der Waals surface area contributed by atoms with Gasteiger partial charge in [0.05, 0.1) is 12.5 Å². The summed E-state index contributed by atoms with van der Waals surface area (Å²) in [5.74, 6) is 1.28. The van der Waals surface area contributed by atoms with E-state index in [0.29, 0.717) is 10.8 Å². The lowest BCUT2D eigenvalue weighted by Gasteiger charge is -2.14. The van der Waals surface area contributed by atoms with Gasteiger partial charge in [0.2, 0.25) is 0 Å². The van der Waals surface area contributed by atoms with Crippen LogP contribution < -0.4 is 5.32 Å². The number of halogens is 1. The third kappa shape index (κ3) is 5.18. The monoisotopic (exact) mass is 404 g/mol. The van der Waals surface area contributed by atoms with E-state index >= 15 is 0 Å². The van der Waals surface area contributed by atoms with Crippen LogP contribution in [0.15, 0.2) is 48.5 Å². The lowest BCUT2D eigenvalue weighted by Crippen LogP contribution is -2.05. The highest BCUT2D eigenvalue weighted by Crippen LogP contribution is 2.27. The molecule has 0 aliphatic rings. The third-order valence-electron chi connectivity index (χ3n) is 4.54. The Morgan fingerprint density at radius 3 is 2.59 bits per heavy atom. The van der Waals surface area contributed by atoms with E-state index in [4.69, 9.17) is 21.8 Å². The van der Waals surface area contributed by atoms with Crippen molar-refractivity contribution in [2.24, 2.45) is 0 Å². The van der Waals surface area contributed by atoms with Gasteiger partial charge < -0.3 is 5.32 Å². The molecule has 6 heteroatoms. The van der Waals surface area contributed by atoms with Crippen LogP contribution in [-0.4, -0.2) is 15.8 Å². The van der Waals surface area contributed by atoms with Crippen molar-refractivity contribution < 1.29 is 4.79 Å². The number of nitriles is 1. The van der Waals surface area contributed by atoms with Crippen molar-refractivity contribution in [1.82, 2.24) is 9.97 Å². The Kier molecular flexibility index (Phi) is 6.58. The van der Waals surface area contributed by atoms with Crippen molar-refractivity contribution in [2.45, 2.75) is 33.1 Å². The van der Waals surface area contributed by atoms with Crippen molar-refractivity contribution in [2.75, 3.05) is 5.32 Å². The molecule has 0 atom stereocenters. The van der Waals surface area contributed by atoms with Crippen LogP contribution in [0.2, 0.25) is 5.02 Å². The zero-order chi connectivity index (χ0) is 20.8. The number of Topliss-reactive ketones (excluding diaryl/α,β-unsaturated/α-hetero) is 1. The summed E-state index contributed by atoms with van der Waals surface area (Å²) < 4.78 is 0. The number of nitrogens with one attached hydrogen (secondary N) is 1. The van der Waals surface area contributed by atoms with Crippen LogP contribution in [0.25, 0.3) is 11.4 Å². The molecular formula is C23H21ClN4O. The molecule has 5 nitrogen and oxygen atoms in total. The molecule has 0 spiro atoms. The minimum absolute atomic E-state index is 0.0631. The first-order valence-corrected chi connectivity index (χ1v) is 9.76. The maximum atomic E-state index is 11.6. The molecule has 29 heavy (non-hydrogen) atoms. The van der Waals surface area contributed by atoms with E-state index in [0.717, 1.165) is 40.3 Å². The van der Waals surface area contributed by atoms with Gasteiger partial charge in [0.15, 0.2) is 11.6 Å². The van der Waals surface area contributed by atoms with Crippen LogP contribution in [0.3, 0.4) is 0 Å². The Bertz CT molecular complexity index is 1070. The third-order valence-corrected chi connectivity index (χ3v) is 4.78. The molecule has 0 amide bonds. The van der Waals surface area contributed by atoms with Crippen molar-refractivity contribution in [1.29, 1.82) is 5.26 Å². The van der Waals surface area contributed by atoms with E-state index in [9.17, 15) is 4.79 Å². The van der Waals surface area contributed by atoms with Gasteiger partial charge in [-0.3, -0.25) is 4.79 Å². The number of aromatic nitrogens is 2. The average molecular weight is 405 g/mol. The molecule has 0 saturated carbocycles. The summed E-state index contributed by atoms with van der Waals surface area (Å²) in [7, 11) is 0. The molecule has 0 fully saturated rings. The molecule has 1 N–H and O–H groups in total. The minimum atomic E-state index is -0.0842. The molecule has 0 bridgehead atoms. The number of aryl methyl sites for hydroxylation is 1. The van der Waals surface area contributed by atoms with Crippen LogP contribution in [0.1, 0.15) is 30.2 Å². The van der Waals surface area contributed by atoms with Crippen molar-refractivity contribution in [3.8, 4) is 17.5 Å². The quantitative estimate of drug-likeness (QED) is 0.567. The van der Waals surface area contributed by atoms with Crippen molar-refractivity contribution in [3.05, 3.63) is 70.4 Å². The second-order valence-electron chi connectivity index (χ2n) is 6.70. The maximum Gasteiger partial charge on any atom is 0.161 e. The van der Waals surface area contributed by atoms with Gasteiger partial charge in [-0.1, -0.05) is 42.8 Å². The number of hydrogen-bond donors (Lipinski definition) is 1. The minimum Gasteiger partial charge on any atom is -0.340 e. The summed E-state index contributed by atoms with van der Waals surface area (Å²) in [5, 5.41) is 12.6. The highest BCUT2D eigenvalue weighted by Gasteiger charge is 2.13. The molecule has 3 rings (SSSR count).